The molecule has 0 saturated carbocycles. The number of piperazine rings is 1. The lowest BCUT2D eigenvalue weighted by Crippen LogP contribution is -3.30. The van der Waals surface area contributed by atoms with Gasteiger partial charge in [-0.05, 0) is 48.0 Å². The molecular weight excluding hydrogens is 464 g/mol. The Kier molecular flexibility index (Phi) is 6.39. The van der Waals surface area contributed by atoms with E-state index < -0.39 is 0 Å². The number of hydrogen-bond acceptors (Lipinski definition) is 4. The number of quaternary nitrogens is 2. The number of para-hydroxylation sites is 2. The number of carbonyl (C=O) groups is 2. The van der Waals surface area contributed by atoms with Gasteiger partial charge in [-0.25, -0.2) is 9.88 Å². The molecule has 6 rings (SSSR count). The predicted molar refractivity (Wildman–Crippen MR) is 142 cm³/mol. The molecule has 4 aromatic rings. The summed E-state index contributed by atoms with van der Waals surface area (Å²) >= 11 is 0. The van der Waals surface area contributed by atoms with Gasteiger partial charge in [0.1, 0.15) is 31.7 Å². The number of nitrogens with one attached hydrogen (secondary N) is 2. The molecule has 7 nitrogen and oxygen atoms in total. The molecule has 37 heavy (non-hydrogen) atoms. The fourth-order valence-corrected chi connectivity index (χ4v) is 5.37. The van der Waals surface area contributed by atoms with Gasteiger partial charge in [-0.3, -0.25) is 9.59 Å². The Morgan fingerprint density at radius 1 is 0.892 bits per heavy atom. The van der Waals surface area contributed by atoms with Gasteiger partial charge in [-0.2, -0.15) is 0 Å². The van der Waals surface area contributed by atoms with Crippen LogP contribution >= 0.6 is 0 Å². The van der Waals surface area contributed by atoms with Crippen LogP contribution in [0.4, 0.5) is 5.69 Å². The fraction of sp³-hybridized carbons (Fsp3) is 0.233. The summed E-state index contributed by atoms with van der Waals surface area (Å²) < 4.78 is 5.85. The van der Waals surface area contributed by atoms with Gasteiger partial charge in [0, 0.05) is 5.56 Å². The first-order chi connectivity index (χ1) is 18.2. The summed E-state index contributed by atoms with van der Waals surface area (Å²) in [7, 11) is 0. The van der Waals surface area contributed by atoms with E-state index >= 15 is 0 Å². The van der Waals surface area contributed by atoms with Crippen molar-refractivity contribution < 1.29 is 23.8 Å². The maximum absolute atomic E-state index is 13.3. The Labute approximate surface area is 215 Å². The molecule has 7 heteroatoms. The average molecular weight is 495 g/mol. The molecular formula is C30H30N4O3+2. The maximum Gasteiger partial charge on any atom is 0.292 e. The van der Waals surface area contributed by atoms with Crippen LogP contribution in [-0.4, -0.2) is 55.6 Å². The zero-order chi connectivity index (χ0) is 25.2. The number of imide groups is 1. The summed E-state index contributed by atoms with van der Waals surface area (Å²) in [5.41, 5.74) is 4.15. The van der Waals surface area contributed by atoms with Gasteiger partial charge in [-0.15, -0.1) is 0 Å². The van der Waals surface area contributed by atoms with E-state index in [1.165, 1.54) is 20.3 Å². The van der Waals surface area contributed by atoms with Gasteiger partial charge in [0.15, 0.2) is 11.6 Å². The Balaban J connectivity index is 1.07. The van der Waals surface area contributed by atoms with E-state index in [1.807, 2.05) is 54.6 Å². The predicted octanol–water partition coefficient (Wildman–Crippen LogP) is 1.62. The van der Waals surface area contributed by atoms with Gasteiger partial charge in [0.05, 0.1) is 18.7 Å². The SMILES string of the molecule is O=C1C[C@H]([NH+]2CC[NH+](C/C=C/c3ccccc3)CC2)C(=O)N1c1ccc(-c2nc3ccccc3o2)cc1. The molecule has 0 radical (unpaired) electrons. The van der Waals surface area contributed by atoms with E-state index in [1.54, 1.807) is 12.1 Å². The molecule has 0 spiro atoms. The van der Waals surface area contributed by atoms with Crippen molar-refractivity contribution in [3.05, 3.63) is 90.5 Å². The number of nitrogens with zero attached hydrogens (tertiary/aromatic N) is 2. The normalized spacial score (nSPS) is 22.4. The molecule has 3 aromatic carbocycles. The summed E-state index contributed by atoms with van der Waals surface area (Å²) in [6.45, 7) is 4.74. The zero-order valence-electron chi connectivity index (χ0n) is 20.6. The third kappa shape index (κ3) is 4.83. The van der Waals surface area contributed by atoms with Crippen LogP contribution in [0.1, 0.15) is 12.0 Å². The van der Waals surface area contributed by atoms with E-state index in [4.69, 9.17) is 4.42 Å². The topological polar surface area (TPSA) is 72.3 Å². The fourth-order valence-electron chi connectivity index (χ4n) is 5.37. The molecule has 2 aliphatic rings. The molecule has 186 valence electrons. The van der Waals surface area contributed by atoms with Gasteiger partial charge in [0.2, 0.25) is 11.8 Å². The molecule has 0 bridgehead atoms. The van der Waals surface area contributed by atoms with Crippen molar-refractivity contribution in [3.63, 3.8) is 0 Å². The number of anilines is 1. The van der Waals surface area contributed by atoms with Crippen molar-refractivity contribution in [2.24, 2.45) is 0 Å². The van der Waals surface area contributed by atoms with Crippen LogP contribution in [0.2, 0.25) is 0 Å². The lowest BCUT2D eigenvalue weighted by molar-refractivity contribution is -1.02. The minimum atomic E-state index is -0.300. The van der Waals surface area contributed by atoms with Gasteiger partial charge >= 0.3 is 0 Å². The molecule has 0 aliphatic carbocycles. The Bertz CT molecular complexity index is 1400. The third-order valence-electron chi connectivity index (χ3n) is 7.42. The molecule has 2 fully saturated rings. The van der Waals surface area contributed by atoms with Gasteiger partial charge in [-0.1, -0.05) is 48.5 Å². The lowest BCUT2D eigenvalue weighted by atomic mass is 10.1. The molecule has 1 atom stereocenters. The van der Waals surface area contributed by atoms with Gasteiger partial charge < -0.3 is 14.2 Å². The summed E-state index contributed by atoms with van der Waals surface area (Å²) in [5, 5.41) is 0. The van der Waals surface area contributed by atoms with Gasteiger partial charge in [0.25, 0.3) is 5.91 Å². The number of fused-ring (bicyclic) bond motifs is 1. The second-order valence-electron chi connectivity index (χ2n) is 9.78. The van der Waals surface area contributed by atoms with Crippen LogP contribution in [-0.2, 0) is 9.59 Å². The first-order valence-corrected chi connectivity index (χ1v) is 12.9. The van der Waals surface area contributed by atoms with E-state index in [0.29, 0.717) is 11.6 Å². The Morgan fingerprint density at radius 2 is 1.62 bits per heavy atom. The second kappa shape index (κ2) is 10.1. The highest BCUT2D eigenvalue weighted by Crippen LogP contribution is 2.28. The van der Waals surface area contributed by atoms with Crippen LogP contribution in [0, 0.1) is 0 Å². The number of oxazole rings is 1. The summed E-state index contributed by atoms with van der Waals surface area (Å²) in [5.74, 6) is 0.299. The van der Waals surface area contributed by atoms with E-state index in [-0.39, 0.29) is 24.3 Å². The van der Waals surface area contributed by atoms with E-state index in [0.717, 1.165) is 49.4 Å². The minimum Gasteiger partial charge on any atom is -0.436 e. The number of aromatic nitrogens is 1. The number of amides is 2. The van der Waals surface area contributed by atoms with Crippen molar-refractivity contribution >= 4 is 34.7 Å². The Hall–Kier alpha value is -4.07. The zero-order valence-corrected chi connectivity index (χ0v) is 20.6. The lowest BCUT2D eigenvalue weighted by Gasteiger charge is -2.31. The third-order valence-corrected chi connectivity index (χ3v) is 7.42. The van der Waals surface area contributed by atoms with Crippen LogP contribution in [0.3, 0.4) is 0 Å². The first-order valence-electron chi connectivity index (χ1n) is 12.9. The van der Waals surface area contributed by atoms with Crippen LogP contribution in [0.5, 0.6) is 0 Å². The highest BCUT2D eigenvalue weighted by molar-refractivity contribution is 6.21. The van der Waals surface area contributed by atoms with Crippen LogP contribution < -0.4 is 14.7 Å². The highest BCUT2D eigenvalue weighted by Gasteiger charge is 2.46. The van der Waals surface area contributed by atoms with Crippen molar-refractivity contribution in [1.29, 1.82) is 0 Å². The molecule has 1 aromatic heterocycles. The summed E-state index contributed by atoms with van der Waals surface area (Å²) in [4.78, 5) is 34.9. The number of rotatable bonds is 6. The largest absolute Gasteiger partial charge is 0.436 e. The smallest absolute Gasteiger partial charge is 0.292 e. The molecule has 2 N–H and O–H groups in total. The molecule has 3 heterocycles. The van der Waals surface area contributed by atoms with Crippen molar-refractivity contribution in [2.45, 2.75) is 12.5 Å². The number of hydrogen-bond donors (Lipinski definition) is 2. The van der Waals surface area contributed by atoms with Crippen molar-refractivity contribution in [1.82, 2.24) is 4.98 Å². The molecule has 2 saturated heterocycles. The molecule has 2 amide bonds. The second-order valence-corrected chi connectivity index (χ2v) is 9.78. The average Bonchev–Trinajstić information content (AvgIpc) is 3.50. The highest BCUT2D eigenvalue weighted by atomic mass is 16.3. The van der Waals surface area contributed by atoms with Crippen molar-refractivity contribution in [2.75, 3.05) is 37.6 Å². The van der Waals surface area contributed by atoms with E-state index in [2.05, 4.69) is 29.3 Å². The quantitative estimate of drug-likeness (QED) is 0.400. The number of benzene rings is 3. The molecule has 0 unspecified atom stereocenters. The van der Waals surface area contributed by atoms with Crippen molar-refractivity contribution in [3.8, 4) is 11.5 Å². The summed E-state index contributed by atoms with van der Waals surface area (Å²) in [6, 6.07) is 25.0. The maximum atomic E-state index is 13.3. The van der Waals surface area contributed by atoms with E-state index in [9.17, 15) is 9.59 Å². The van der Waals surface area contributed by atoms with Crippen LogP contribution in [0.15, 0.2) is 89.4 Å². The monoisotopic (exact) mass is 494 g/mol. The molecule has 2 aliphatic heterocycles. The summed E-state index contributed by atoms with van der Waals surface area (Å²) in [6.07, 6.45) is 4.66. The minimum absolute atomic E-state index is 0.0953. The first kappa shape index (κ1) is 23.3. The Morgan fingerprint density at radius 3 is 2.38 bits per heavy atom. The standard InChI is InChI=1S/C30H28N4O3/c35-28-21-26(33-19-17-32(18-20-33)16-6-9-22-7-2-1-3-8-22)30(36)34(28)24-14-12-23(13-15-24)29-31-25-10-4-5-11-27(25)37-29/h1-15,26H,16-21H2/p+2/b9-6+/t26-/m0/s1. The number of carbonyl (C=O) groups excluding carboxylic acids is 2. The van der Waals surface area contributed by atoms with Crippen LogP contribution in [0.25, 0.3) is 28.6 Å².